The third kappa shape index (κ3) is 6.52. The Balaban J connectivity index is 1.33. The molecule has 0 bridgehead atoms. The Kier molecular flexibility index (Phi) is 9.27. The lowest BCUT2D eigenvalue weighted by Gasteiger charge is -2.42. The number of nitrogens with one attached hydrogen (secondary N) is 1. The molecule has 0 unspecified atom stereocenters. The molecule has 2 aliphatic rings. The number of alkyl halides is 1. The van der Waals surface area contributed by atoms with Crippen molar-refractivity contribution in [1.82, 2.24) is 29.8 Å². The molecule has 2 saturated heterocycles. The van der Waals surface area contributed by atoms with Crippen LogP contribution < -0.4 is 14.4 Å². The summed E-state index contributed by atoms with van der Waals surface area (Å²) in [5.74, 6) is -0.0846. The highest BCUT2D eigenvalue weighted by molar-refractivity contribution is 5.79. The zero-order valence-corrected chi connectivity index (χ0v) is 27.2. The number of amides is 1. The number of carboxylic acid groups (broad SMARTS) is 1. The number of likely N-dealkylation sites (tertiary alicyclic amines) is 1. The lowest BCUT2D eigenvalue weighted by atomic mass is 9.78. The van der Waals surface area contributed by atoms with E-state index in [1.54, 1.807) is 49.2 Å². The van der Waals surface area contributed by atoms with Crippen LogP contribution in [0.3, 0.4) is 0 Å². The van der Waals surface area contributed by atoms with Crippen molar-refractivity contribution in [2.75, 3.05) is 45.4 Å². The van der Waals surface area contributed by atoms with E-state index in [4.69, 9.17) is 14.2 Å². The van der Waals surface area contributed by atoms with E-state index in [0.29, 0.717) is 28.7 Å². The normalized spacial score (nSPS) is 22.5. The molecule has 3 aromatic heterocycles. The van der Waals surface area contributed by atoms with Gasteiger partial charge in [0.2, 0.25) is 17.7 Å². The number of carboxylic acids is 1. The van der Waals surface area contributed by atoms with Gasteiger partial charge in [0, 0.05) is 56.9 Å². The number of aromatic amines is 1. The van der Waals surface area contributed by atoms with Gasteiger partial charge in [-0.05, 0) is 42.8 Å². The van der Waals surface area contributed by atoms with Crippen LogP contribution in [0.2, 0.25) is 0 Å². The number of aromatic nitrogens is 5. The quantitative estimate of drug-likeness (QED) is 0.253. The molecule has 2 fully saturated rings. The standard InChI is InChI=1S/C34H38FN7O6/c1-20-17-41(29(43)19-46-3)13-11-34(20,35)26-14-23(22-7-9-24(47-4)10-8-22)16-37-31(26)48-25-15-28(32(44)45)42(18-25)33-39-21(2)38-30(40-33)27-6-5-12-36-27/h5-10,12,14,16,20,25,28,36H,11,13,15,17-19H2,1-4H3,(H,44,45)/t20-,25-,28-,34+/m0/s1. The largest absolute Gasteiger partial charge is 0.497 e. The van der Waals surface area contributed by atoms with E-state index in [1.807, 2.05) is 36.4 Å². The van der Waals surface area contributed by atoms with Gasteiger partial charge in [-0.1, -0.05) is 19.1 Å². The number of anilines is 1. The SMILES string of the molecule is COCC(=O)N1CC[C@](F)(c2cc(-c3ccc(OC)cc3)cnc2O[C@H]2C[C@@H](C(=O)O)N(c3nc(C)nc(-c4ccc[nH]4)n3)C2)[C@@H](C)C1. The number of H-pyrrole nitrogens is 1. The first-order chi connectivity index (χ1) is 23.1. The van der Waals surface area contributed by atoms with Crippen molar-refractivity contribution >= 4 is 17.8 Å². The molecule has 1 amide bonds. The molecule has 5 heterocycles. The number of ether oxygens (including phenoxy) is 3. The summed E-state index contributed by atoms with van der Waals surface area (Å²) in [6.45, 7) is 3.90. The van der Waals surface area contributed by atoms with Gasteiger partial charge in [-0.2, -0.15) is 9.97 Å². The third-order valence-corrected chi connectivity index (χ3v) is 9.02. The zero-order chi connectivity index (χ0) is 34.0. The van der Waals surface area contributed by atoms with Crippen molar-refractivity contribution in [3.8, 4) is 34.3 Å². The predicted octanol–water partition coefficient (Wildman–Crippen LogP) is 4.04. The first-order valence-electron chi connectivity index (χ1n) is 15.7. The van der Waals surface area contributed by atoms with E-state index in [-0.39, 0.29) is 62.4 Å². The minimum absolute atomic E-state index is 0.0217. The van der Waals surface area contributed by atoms with Gasteiger partial charge in [0.05, 0.1) is 24.9 Å². The van der Waals surface area contributed by atoms with Crippen LogP contribution in [0.25, 0.3) is 22.6 Å². The summed E-state index contributed by atoms with van der Waals surface area (Å²) in [5.41, 5.74) is 0.508. The first kappa shape index (κ1) is 32.8. The van der Waals surface area contributed by atoms with Crippen molar-refractivity contribution in [2.45, 2.75) is 44.5 Å². The number of aryl methyl sites for hydroxylation is 1. The molecule has 14 heteroatoms. The van der Waals surface area contributed by atoms with E-state index in [2.05, 4.69) is 24.9 Å². The van der Waals surface area contributed by atoms with Gasteiger partial charge < -0.3 is 34.1 Å². The van der Waals surface area contributed by atoms with Crippen LogP contribution in [-0.4, -0.2) is 99.4 Å². The number of piperidine rings is 1. The third-order valence-electron chi connectivity index (χ3n) is 9.02. The van der Waals surface area contributed by atoms with Gasteiger partial charge in [-0.25, -0.2) is 19.2 Å². The molecule has 252 valence electrons. The minimum Gasteiger partial charge on any atom is -0.497 e. The second kappa shape index (κ2) is 13.6. The molecule has 1 aromatic carbocycles. The van der Waals surface area contributed by atoms with Crippen LogP contribution in [0.4, 0.5) is 10.3 Å². The number of carbonyl (C=O) groups excluding carboxylic acids is 1. The number of halogens is 1. The van der Waals surface area contributed by atoms with E-state index in [1.165, 1.54) is 7.11 Å². The first-order valence-corrected chi connectivity index (χ1v) is 15.7. The lowest BCUT2D eigenvalue weighted by Crippen LogP contribution is -2.49. The maximum Gasteiger partial charge on any atom is 0.326 e. The second-order valence-electron chi connectivity index (χ2n) is 12.2. The Hall–Kier alpha value is -5.11. The fourth-order valence-electron chi connectivity index (χ4n) is 6.42. The van der Waals surface area contributed by atoms with Crippen molar-refractivity contribution in [2.24, 2.45) is 5.92 Å². The summed E-state index contributed by atoms with van der Waals surface area (Å²) in [7, 11) is 3.03. The summed E-state index contributed by atoms with van der Waals surface area (Å²) in [4.78, 5) is 49.3. The Morgan fingerprint density at radius 1 is 1.10 bits per heavy atom. The molecule has 0 aliphatic carbocycles. The molecular weight excluding hydrogens is 621 g/mol. The van der Waals surface area contributed by atoms with Crippen LogP contribution >= 0.6 is 0 Å². The predicted molar refractivity (Wildman–Crippen MR) is 173 cm³/mol. The number of rotatable bonds is 10. The number of nitrogens with zero attached hydrogens (tertiary/aromatic N) is 6. The van der Waals surface area contributed by atoms with Gasteiger partial charge in [-0.15, -0.1) is 0 Å². The molecule has 0 spiro atoms. The van der Waals surface area contributed by atoms with Crippen LogP contribution in [0.5, 0.6) is 11.6 Å². The fourth-order valence-corrected chi connectivity index (χ4v) is 6.42. The molecule has 4 atom stereocenters. The number of benzene rings is 1. The molecule has 6 rings (SSSR count). The highest BCUT2D eigenvalue weighted by Crippen LogP contribution is 2.46. The fraction of sp³-hybridized carbons (Fsp3) is 0.412. The Labute approximate surface area is 277 Å². The molecular formula is C34H38FN7O6. The number of hydrogen-bond donors (Lipinski definition) is 2. The molecule has 4 aromatic rings. The maximum atomic E-state index is 17.4. The van der Waals surface area contributed by atoms with Crippen LogP contribution in [0.1, 0.15) is 31.2 Å². The average Bonchev–Trinajstić information content (AvgIpc) is 3.77. The topological polar surface area (TPSA) is 156 Å². The van der Waals surface area contributed by atoms with Crippen LogP contribution in [0.15, 0.2) is 54.9 Å². The Morgan fingerprint density at radius 2 is 1.90 bits per heavy atom. The molecule has 48 heavy (non-hydrogen) atoms. The van der Waals surface area contributed by atoms with E-state index in [9.17, 15) is 14.7 Å². The molecule has 0 radical (unpaired) electrons. The van der Waals surface area contributed by atoms with E-state index < -0.39 is 29.7 Å². The second-order valence-corrected chi connectivity index (χ2v) is 12.2. The number of pyridine rings is 1. The smallest absolute Gasteiger partial charge is 0.326 e. The summed E-state index contributed by atoms with van der Waals surface area (Å²) < 4.78 is 34.1. The van der Waals surface area contributed by atoms with Gasteiger partial charge in [0.25, 0.3) is 0 Å². The minimum atomic E-state index is -1.89. The Bertz CT molecular complexity index is 1770. The summed E-state index contributed by atoms with van der Waals surface area (Å²) in [6.07, 6.45) is 2.81. The maximum absolute atomic E-state index is 17.4. The van der Waals surface area contributed by atoms with E-state index >= 15 is 4.39 Å². The van der Waals surface area contributed by atoms with Gasteiger partial charge in [0.1, 0.15) is 36.0 Å². The van der Waals surface area contributed by atoms with Crippen molar-refractivity contribution in [3.63, 3.8) is 0 Å². The molecule has 2 N–H and O–H groups in total. The lowest BCUT2D eigenvalue weighted by molar-refractivity contribution is -0.140. The van der Waals surface area contributed by atoms with Gasteiger partial charge >= 0.3 is 5.97 Å². The monoisotopic (exact) mass is 659 g/mol. The van der Waals surface area contributed by atoms with E-state index in [0.717, 1.165) is 5.56 Å². The number of aliphatic carboxylic acids is 1. The molecule has 13 nitrogen and oxygen atoms in total. The molecule has 2 aliphatic heterocycles. The van der Waals surface area contributed by atoms with Crippen molar-refractivity contribution < 1.29 is 33.3 Å². The average molecular weight is 660 g/mol. The number of carbonyl (C=O) groups is 2. The van der Waals surface area contributed by atoms with Gasteiger partial charge in [-0.3, -0.25) is 4.79 Å². The zero-order valence-electron chi connectivity index (χ0n) is 27.2. The van der Waals surface area contributed by atoms with Crippen molar-refractivity contribution in [1.29, 1.82) is 0 Å². The highest BCUT2D eigenvalue weighted by Gasteiger charge is 2.47. The number of methoxy groups -OCH3 is 2. The molecule has 0 saturated carbocycles. The van der Waals surface area contributed by atoms with Crippen molar-refractivity contribution in [3.05, 3.63) is 66.2 Å². The van der Waals surface area contributed by atoms with Gasteiger partial charge in [0.15, 0.2) is 5.82 Å². The highest BCUT2D eigenvalue weighted by atomic mass is 19.1. The van der Waals surface area contributed by atoms with Crippen LogP contribution in [-0.2, 0) is 20.0 Å². The van der Waals surface area contributed by atoms with Crippen LogP contribution in [0, 0.1) is 12.8 Å². The number of hydrogen-bond acceptors (Lipinski definition) is 10. The Morgan fingerprint density at radius 3 is 2.56 bits per heavy atom. The summed E-state index contributed by atoms with van der Waals surface area (Å²) in [6, 6.07) is 11.7. The summed E-state index contributed by atoms with van der Waals surface area (Å²) >= 11 is 0. The summed E-state index contributed by atoms with van der Waals surface area (Å²) in [5, 5.41) is 10.2.